The molecule has 2 amide bonds. The fourth-order valence-electron chi connectivity index (χ4n) is 2.32. The molecule has 0 bridgehead atoms. The Morgan fingerprint density at radius 3 is 2.55 bits per heavy atom. The number of hydrogen-bond donors (Lipinski definition) is 2. The number of urea groups is 1. The third-order valence-corrected chi connectivity index (χ3v) is 3.41. The molecule has 2 N–H and O–H groups in total. The van der Waals surface area contributed by atoms with Gasteiger partial charge in [0.25, 0.3) is 0 Å². The number of hydrogen-bond acceptors (Lipinski definition) is 2. The maximum absolute atomic E-state index is 12.3. The van der Waals surface area contributed by atoms with Crippen molar-refractivity contribution < 1.29 is 9.53 Å². The summed E-state index contributed by atoms with van der Waals surface area (Å²) in [6, 6.07) is 13.2. The molecule has 116 valence electrons. The Morgan fingerprint density at radius 2 is 1.82 bits per heavy atom. The Bertz CT molecular complexity index is 653. The molecule has 0 atom stereocenters. The van der Waals surface area contributed by atoms with Crippen LogP contribution in [0.3, 0.4) is 0 Å². The van der Waals surface area contributed by atoms with Gasteiger partial charge in [0.1, 0.15) is 5.75 Å². The number of nitrogens with one attached hydrogen (secondary N) is 2. The predicted molar refractivity (Wildman–Crippen MR) is 90.8 cm³/mol. The third-order valence-electron chi connectivity index (χ3n) is 3.41. The van der Waals surface area contributed by atoms with Crippen LogP contribution in [0.1, 0.15) is 25.0 Å². The van der Waals surface area contributed by atoms with E-state index in [1.165, 1.54) is 0 Å². The Kier molecular flexibility index (Phi) is 5.42. The lowest BCUT2D eigenvalue weighted by Crippen LogP contribution is -2.21. The van der Waals surface area contributed by atoms with E-state index in [1.807, 2.05) is 56.3 Å². The topological polar surface area (TPSA) is 50.4 Å². The van der Waals surface area contributed by atoms with Gasteiger partial charge in [0.15, 0.2) is 0 Å². The Balaban J connectivity index is 2.14. The van der Waals surface area contributed by atoms with Crippen molar-refractivity contribution in [2.24, 2.45) is 0 Å². The van der Waals surface area contributed by atoms with E-state index in [2.05, 4.69) is 17.6 Å². The molecule has 2 rings (SSSR count). The van der Waals surface area contributed by atoms with Gasteiger partial charge in [-0.15, -0.1) is 0 Å². The summed E-state index contributed by atoms with van der Waals surface area (Å²) in [6.45, 7) is 6.53. The number of para-hydroxylation sites is 3. The molecule has 4 heteroatoms. The highest BCUT2D eigenvalue weighted by Gasteiger charge is 2.10. The lowest BCUT2D eigenvalue weighted by atomic mass is 10.1. The second-order valence-electron chi connectivity index (χ2n) is 4.97. The smallest absolute Gasteiger partial charge is 0.323 e. The molecule has 0 saturated heterocycles. The van der Waals surface area contributed by atoms with Gasteiger partial charge in [0.2, 0.25) is 0 Å². The molecule has 0 aliphatic rings. The number of ether oxygens (including phenoxy) is 1. The summed E-state index contributed by atoms with van der Waals surface area (Å²) < 4.78 is 5.51. The maximum atomic E-state index is 12.3. The van der Waals surface area contributed by atoms with E-state index < -0.39 is 0 Å². The fraction of sp³-hybridized carbons (Fsp3) is 0.278. The summed E-state index contributed by atoms with van der Waals surface area (Å²) in [5.74, 6) is 0.667. The van der Waals surface area contributed by atoms with E-state index in [4.69, 9.17) is 4.74 Å². The average Bonchev–Trinajstić information content (AvgIpc) is 2.51. The van der Waals surface area contributed by atoms with Crippen LogP contribution in [-0.4, -0.2) is 12.6 Å². The van der Waals surface area contributed by atoms with Gasteiger partial charge < -0.3 is 15.4 Å². The van der Waals surface area contributed by atoms with Gasteiger partial charge >= 0.3 is 6.03 Å². The molecular weight excluding hydrogens is 276 g/mol. The molecule has 0 fully saturated rings. The van der Waals surface area contributed by atoms with E-state index in [0.717, 1.165) is 23.2 Å². The zero-order valence-corrected chi connectivity index (χ0v) is 13.3. The molecule has 2 aromatic rings. The highest BCUT2D eigenvalue weighted by molar-refractivity contribution is 6.01. The van der Waals surface area contributed by atoms with Crippen LogP contribution in [0, 0.1) is 6.92 Å². The first-order chi connectivity index (χ1) is 10.7. The van der Waals surface area contributed by atoms with Gasteiger partial charge in [0.05, 0.1) is 12.3 Å². The summed E-state index contributed by atoms with van der Waals surface area (Å²) in [5, 5.41) is 5.79. The molecule has 0 heterocycles. The largest absolute Gasteiger partial charge is 0.492 e. The van der Waals surface area contributed by atoms with E-state index in [0.29, 0.717) is 18.0 Å². The maximum Gasteiger partial charge on any atom is 0.323 e. The van der Waals surface area contributed by atoms with Crippen LogP contribution in [-0.2, 0) is 6.42 Å². The van der Waals surface area contributed by atoms with Crippen molar-refractivity contribution in [2.45, 2.75) is 27.2 Å². The lowest BCUT2D eigenvalue weighted by Gasteiger charge is -2.15. The number of benzene rings is 2. The van der Waals surface area contributed by atoms with Gasteiger partial charge in [-0.05, 0) is 43.5 Å². The molecule has 0 radical (unpaired) electrons. The minimum atomic E-state index is -0.267. The molecule has 0 aromatic heterocycles. The van der Waals surface area contributed by atoms with Crippen LogP contribution in [0.2, 0.25) is 0 Å². The summed E-state index contributed by atoms with van der Waals surface area (Å²) in [4.78, 5) is 12.3. The summed E-state index contributed by atoms with van der Waals surface area (Å²) in [6.07, 6.45) is 0.868. The summed E-state index contributed by atoms with van der Waals surface area (Å²) >= 11 is 0. The van der Waals surface area contributed by atoms with Crippen LogP contribution in [0.15, 0.2) is 42.5 Å². The van der Waals surface area contributed by atoms with Crippen molar-refractivity contribution >= 4 is 17.4 Å². The van der Waals surface area contributed by atoms with Gasteiger partial charge in [-0.3, -0.25) is 0 Å². The van der Waals surface area contributed by atoms with Crippen molar-refractivity contribution in [3.8, 4) is 5.75 Å². The summed E-state index contributed by atoms with van der Waals surface area (Å²) in [5.41, 5.74) is 3.70. The average molecular weight is 298 g/mol. The molecular formula is C18H22N2O2. The number of carbonyl (C=O) groups excluding carboxylic acids is 1. The van der Waals surface area contributed by atoms with Gasteiger partial charge in [-0.25, -0.2) is 4.79 Å². The third kappa shape index (κ3) is 3.79. The van der Waals surface area contributed by atoms with Crippen molar-refractivity contribution in [1.82, 2.24) is 0 Å². The van der Waals surface area contributed by atoms with Crippen LogP contribution in [0.5, 0.6) is 5.75 Å². The van der Waals surface area contributed by atoms with E-state index in [9.17, 15) is 4.79 Å². The highest BCUT2D eigenvalue weighted by atomic mass is 16.5. The van der Waals surface area contributed by atoms with E-state index >= 15 is 0 Å². The van der Waals surface area contributed by atoms with Crippen molar-refractivity contribution in [3.05, 3.63) is 53.6 Å². The van der Waals surface area contributed by atoms with Crippen LogP contribution < -0.4 is 15.4 Å². The van der Waals surface area contributed by atoms with Crippen molar-refractivity contribution in [1.29, 1.82) is 0 Å². The first-order valence-electron chi connectivity index (χ1n) is 7.54. The first-order valence-corrected chi connectivity index (χ1v) is 7.54. The molecule has 0 unspecified atom stereocenters. The van der Waals surface area contributed by atoms with E-state index in [-0.39, 0.29) is 6.03 Å². The van der Waals surface area contributed by atoms with E-state index in [1.54, 1.807) is 0 Å². The zero-order valence-electron chi connectivity index (χ0n) is 13.3. The molecule has 0 saturated carbocycles. The zero-order chi connectivity index (χ0) is 15.9. The quantitative estimate of drug-likeness (QED) is 0.847. The van der Waals surface area contributed by atoms with Gasteiger partial charge in [-0.2, -0.15) is 0 Å². The molecule has 0 aliphatic carbocycles. The minimum absolute atomic E-state index is 0.267. The normalized spacial score (nSPS) is 10.1. The number of anilines is 2. The lowest BCUT2D eigenvalue weighted by molar-refractivity contribution is 0.262. The van der Waals surface area contributed by atoms with Crippen LogP contribution >= 0.6 is 0 Å². The van der Waals surface area contributed by atoms with Gasteiger partial charge in [0, 0.05) is 5.69 Å². The molecule has 0 spiro atoms. The Labute approximate surface area is 131 Å². The van der Waals surface area contributed by atoms with Crippen molar-refractivity contribution in [3.63, 3.8) is 0 Å². The van der Waals surface area contributed by atoms with Gasteiger partial charge in [-0.1, -0.05) is 37.3 Å². The Morgan fingerprint density at radius 1 is 1.05 bits per heavy atom. The van der Waals surface area contributed by atoms with Crippen LogP contribution in [0.4, 0.5) is 16.2 Å². The first kappa shape index (κ1) is 15.9. The molecule has 4 nitrogen and oxygen atoms in total. The number of carbonyl (C=O) groups is 1. The Hall–Kier alpha value is -2.49. The monoisotopic (exact) mass is 298 g/mol. The second-order valence-corrected chi connectivity index (χ2v) is 4.97. The minimum Gasteiger partial charge on any atom is -0.492 e. The van der Waals surface area contributed by atoms with Crippen molar-refractivity contribution in [2.75, 3.05) is 17.2 Å². The fourth-order valence-corrected chi connectivity index (χ4v) is 2.32. The molecule has 22 heavy (non-hydrogen) atoms. The SMILES string of the molecule is CCOc1ccccc1NC(=O)Nc1c(C)cccc1CC. The second kappa shape index (κ2) is 7.50. The summed E-state index contributed by atoms with van der Waals surface area (Å²) in [7, 11) is 0. The number of aryl methyl sites for hydroxylation is 2. The molecule has 2 aromatic carbocycles. The number of amides is 2. The predicted octanol–water partition coefficient (Wildman–Crippen LogP) is 4.60. The molecule has 0 aliphatic heterocycles. The number of rotatable bonds is 5. The highest BCUT2D eigenvalue weighted by Crippen LogP contribution is 2.25. The van der Waals surface area contributed by atoms with Crippen LogP contribution in [0.25, 0.3) is 0 Å². The standard InChI is InChI=1S/C18H22N2O2/c1-4-14-10-8-9-13(3)17(14)20-18(21)19-15-11-6-7-12-16(15)22-5-2/h6-12H,4-5H2,1-3H3,(H2,19,20,21).